The highest BCUT2D eigenvalue weighted by molar-refractivity contribution is 6.00. The van der Waals surface area contributed by atoms with Gasteiger partial charge < -0.3 is 10.2 Å². The monoisotopic (exact) mass is 258 g/mol. The van der Waals surface area contributed by atoms with Crippen LogP contribution in [-0.2, 0) is 0 Å². The van der Waals surface area contributed by atoms with E-state index in [1.54, 1.807) is 0 Å². The number of carbonyl (C=O) groups is 1. The smallest absolute Gasteiger partial charge is 0.256 e. The number of amides is 1. The molecule has 1 aromatic rings. The molecule has 3 rings (SSSR count). The molecule has 2 fully saturated rings. The number of fused-ring (bicyclic) bond motifs is 2. The Labute approximate surface area is 115 Å². The van der Waals surface area contributed by atoms with E-state index in [9.17, 15) is 4.79 Å². The number of benzene rings is 1. The fourth-order valence-corrected chi connectivity index (χ4v) is 3.41. The van der Waals surface area contributed by atoms with E-state index in [0.717, 1.165) is 36.7 Å². The molecule has 1 aliphatic heterocycles. The molecule has 1 saturated heterocycles. The van der Waals surface area contributed by atoms with Crippen LogP contribution in [0.15, 0.2) is 24.3 Å². The van der Waals surface area contributed by atoms with Crippen molar-refractivity contribution in [3.05, 3.63) is 29.8 Å². The molecule has 1 N–H and O–H groups in total. The second-order valence-electron chi connectivity index (χ2n) is 5.76. The van der Waals surface area contributed by atoms with Gasteiger partial charge in [0, 0.05) is 24.8 Å². The first-order valence-corrected chi connectivity index (χ1v) is 7.43. The maximum Gasteiger partial charge on any atom is 0.256 e. The Hall–Kier alpha value is -1.51. The van der Waals surface area contributed by atoms with Crippen LogP contribution in [0.4, 0.5) is 5.69 Å². The van der Waals surface area contributed by atoms with Crippen LogP contribution in [0.25, 0.3) is 0 Å². The van der Waals surface area contributed by atoms with Gasteiger partial charge in [-0.25, -0.2) is 0 Å². The number of rotatable bonds is 4. The number of nitrogens with zero attached hydrogens (tertiary/aromatic N) is 1. The van der Waals surface area contributed by atoms with Crippen molar-refractivity contribution in [2.75, 3.05) is 18.4 Å². The quantitative estimate of drug-likeness (QED) is 0.900. The lowest BCUT2D eigenvalue weighted by molar-refractivity contribution is 0.0704. The molecule has 0 aromatic heterocycles. The van der Waals surface area contributed by atoms with Crippen molar-refractivity contribution in [3.8, 4) is 0 Å². The molecule has 102 valence electrons. The Bertz CT molecular complexity index is 472. The zero-order valence-corrected chi connectivity index (χ0v) is 11.6. The number of para-hydroxylation sites is 1. The van der Waals surface area contributed by atoms with Crippen LogP contribution < -0.4 is 5.32 Å². The van der Waals surface area contributed by atoms with Gasteiger partial charge in [0.15, 0.2) is 0 Å². The summed E-state index contributed by atoms with van der Waals surface area (Å²) in [7, 11) is 0. The highest BCUT2D eigenvalue weighted by atomic mass is 16.2. The van der Waals surface area contributed by atoms with Gasteiger partial charge in [-0.15, -0.1) is 0 Å². The molecule has 1 aromatic carbocycles. The molecule has 1 amide bonds. The molecule has 2 unspecified atom stereocenters. The third kappa shape index (κ3) is 2.34. The number of likely N-dealkylation sites (tertiary alicyclic amines) is 1. The van der Waals surface area contributed by atoms with E-state index in [1.807, 2.05) is 24.3 Å². The number of anilines is 1. The SMILES string of the molecule is CCCNc1ccccc1C(=O)N1CC2CCC1C2. The van der Waals surface area contributed by atoms with Gasteiger partial charge in [-0.05, 0) is 43.7 Å². The summed E-state index contributed by atoms with van der Waals surface area (Å²) >= 11 is 0. The van der Waals surface area contributed by atoms with Crippen molar-refractivity contribution in [2.45, 2.75) is 38.6 Å². The van der Waals surface area contributed by atoms with Gasteiger partial charge in [0.2, 0.25) is 0 Å². The lowest BCUT2D eigenvalue weighted by Gasteiger charge is -2.28. The van der Waals surface area contributed by atoms with E-state index in [-0.39, 0.29) is 5.91 Å². The topological polar surface area (TPSA) is 32.3 Å². The molecule has 1 heterocycles. The Kier molecular flexibility index (Phi) is 3.45. The number of hydrogen-bond donors (Lipinski definition) is 1. The van der Waals surface area contributed by atoms with Gasteiger partial charge in [-0.3, -0.25) is 4.79 Å². The largest absolute Gasteiger partial charge is 0.384 e. The number of piperidine rings is 1. The van der Waals surface area contributed by atoms with Crippen molar-refractivity contribution in [3.63, 3.8) is 0 Å². The molecule has 2 aliphatic rings. The third-order valence-electron chi connectivity index (χ3n) is 4.39. The Morgan fingerprint density at radius 1 is 1.37 bits per heavy atom. The van der Waals surface area contributed by atoms with Crippen LogP contribution in [0.2, 0.25) is 0 Å². The molecule has 2 atom stereocenters. The average Bonchev–Trinajstić information content (AvgIpc) is 3.07. The summed E-state index contributed by atoms with van der Waals surface area (Å²) in [6.07, 6.45) is 4.79. The van der Waals surface area contributed by atoms with Crippen molar-refractivity contribution in [1.29, 1.82) is 0 Å². The molecule has 0 spiro atoms. The first-order valence-electron chi connectivity index (χ1n) is 7.43. The van der Waals surface area contributed by atoms with Gasteiger partial charge in [0.25, 0.3) is 5.91 Å². The van der Waals surface area contributed by atoms with Crippen molar-refractivity contribution in [2.24, 2.45) is 5.92 Å². The molecule has 19 heavy (non-hydrogen) atoms. The maximum absolute atomic E-state index is 12.7. The van der Waals surface area contributed by atoms with Crippen molar-refractivity contribution < 1.29 is 4.79 Å². The lowest BCUT2D eigenvalue weighted by atomic mass is 10.1. The fourth-order valence-electron chi connectivity index (χ4n) is 3.41. The summed E-state index contributed by atoms with van der Waals surface area (Å²) in [6, 6.07) is 8.41. The third-order valence-corrected chi connectivity index (χ3v) is 4.39. The predicted molar refractivity (Wildman–Crippen MR) is 77.4 cm³/mol. The van der Waals surface area contributed by atoms with Crippen molar-refractivity contribution in [1.82, 2.24) is 4.90 Å². The zero-order valence-electron chi connectivity index (χ0n) is 11.6. The molecule has 1 aliphatic carbocycles. The normalized spacial score (nSPS) is 24.8. The predicted octanol–water partition coefficient (Wildman–Crippen LogP) is 3.13. The van der Waals surface area contributed by atoms with Crippen LogP contribution in [0.5, 0.6) is 0 Å². The molecular weight excluding hydrogens is 236 g/mol. The molecule has 2 bridgehead atoms. The Morgan fingerprint density at radius 3 is 2.89 bits per heavy atom. The first kappa shape index (κ1) is 12.5. The standard InChI is InChI=1S/C16H22N2O/c1-2-9-17-15-6-4-3-5-14(15)16(19)18-11-12-7-8-13(18)10-12/h3-6,12-13,17H,2,7-11H2,1H3. The van der Waals surface area contributed by atoms with Crippen LogP contribution in [0.3, 0.4) is 0 Å². The summed E-state index contributed by atoms with van der Waals surface area (Å²) < 4.78 is 0. The second kappa shape index (κ2) is 5.24. The summed E-state index contributed by atoms with van der Waals surface area (Å²) in [6.45, 7) is 4.01. The van der Waals surface area contributed by atoms with E-state index in [4.69, 9.17) is 0 Å². The van der Waals surface area contributed by atoms with Crippen LogP contribution in [-0.4, -0.2) is 29.9 Å². The summed E-state index contributed by atoms with van der Waals surface area (Å²) in [5.41, 5.74) is 1.82. The van der Waals surface area contributed by atoms with E-state index < -0.39 is 0 Å². The van der Waals surface area contributed by atoms with E-state index >= 15 is 0 Å². The average molecular weight is 258 g/mol. The van der Waals surface area contributed by atoms with Crippen LogP contribution >= 0.6 is 0 Å². The number of carbonyl (C=O) groups excluding carboxylic acids is 1. The van der Waals surface area contributed by atoms with Crippen LogP contribution in [0, 0.1) is 5.92 Å². The molecule has 3 nitrogen and oxygen atoms in total. The van der Waals surface area contributed by atoms with E-state index in [1.165, 1.54) is 19.3 Å². The number of hydrogen-bond acceptors (Lipinski definition) is 2. The zero-order chi connectivity index (χ0) is 13.2. The van der Waals surface area contributed by atoms with Gasteiger partial charge in [0.05, 0.1) is 5.56 Å². The Balaban J connectivity index is 1.79. The highest BCUT2D eigenvalue weighted by Crippen LogP contribution is 2.38. The molecule has 0 radical (unpaired) electrons. The van der Waals surface area contributed by atoms with E-state index in [0.29, 0.717) is 6.04 Å². The maximum atomic E-state index is 12.7. The van der Waals surface area contributed by atoms with Gasteiger partial charge >= 0.3 is 0 Å². The van der Waals surface area contributed by atoms with Crippen LogP contribution in [0.1, 0.15) is 43.0 Å². The number of nitrogens with one attached hydrogen (secondary N) is 1. The van der Waals surface area contributed by atoms with Gasteiger partial charge in [-0.2, -0.15) is 0 Å². The lowest BCUT2D eigenvalue weighted by Crippen LogP contribution is -2.37. The molecular formula is C16H22N2O. The fraction of sp³-hybridized carbons (Fsp3) is 0.562. The van der Waals surface area contributed by atoms with Gasteiger partial charge in [-0.1, -0.05) is 19.1 Å². The molecule has 1 saturated carbocycles. The summed E-state index contributed by atoms with van der Waals surface area (Å²) in [5.74, 6) is 0.969. The minimum Gasteiger partial charge on any atom is -0.384 e. The summed E-state index contributed by atoms with van der Waals surface area (Å²) in [5, 5.41) is 3.36. The minimum absolute atomic E-state index is 0.214. The van der Waals surface area contributed by atoms with E-state index in [2.05, 4.69) is 17.1 Å². The molecule has 3 heteroatoms. The summed E-state index contributed by atoms with van der Waals surface area (Å²) in [4.78, 5) is 14.8. The minimum atomic E-state index is 0.214. The van der Waals surface area contributed by atoms with Gasteiger partial charge in [0.1, 0.15) is 0 Å². The Morgan fingerprint density at radius 2 is 2.21 bits per heavy atom. The highest BCUT2D eigenvalue weighted by Gasteiger charge is 2.40. The second-order valence-corrected chi connectivity index (χ2v) is 5.76. The van der Waals surface area contributed by atoms with Crippen molar-refractivity contribution >= 4 is 11.6 Å². The first-order chi connectivity index (χ1) is 9.29.